The smallest absolute Gasteiger partial charge is 0.0777 e. The highest BCUT2D eigenvalue weighted by atomic mass is 127. The van der Waals surface area contributed by atoms with E-state index in [2.05, 4.69) is 62.9 Å². The van der Waals surface area contributed by atoms with Gasteiger partial charge in [0.25, 0.3) is 0 Å². The third kappa shape index (κ3) is 1.89. The van der Waals surface area contributed by atoms with Crippen molar-refractivity contribution in [2.75, 3.05) is 12.4 Å². The predicted octanol–water partition coefficient (Wildman–Crippen LogP) is 3.92. The van der Waals surface area contributed by atoms with Gasteiger partial charge in [-0.05, 0) is 51.5 Å². The highest BCUT2D eigenvalue weighted by Crippen LogP contribution is 2.45. The Morgan fingerprint density at radius 3 is 2.82 bits per heavy atom. The van der Waals surface area contributed by atoms with Gasteiger partial charge in [0.15, 0.2) is 0 Å². The zero-order chi connectivity index (χ0) is 11.8. The number of anilines is 1. The molecule has 2 aromatic rings. The first-order valence-electron chi connectivity index (χ1n) is 5.33. The van der Waals surface area contributed by atoms with Crippen molar-refractivity contribution in [3.63, 3.8) is 0 Å². The fourth-order valence-corrected chi connectivity index (χ4v) is 5.29. The first-order chi connectivity index (χ1) is 8.29. The molecule has 0 aromatic heterocycles. The number of halogens is 1. The first-order valence-corrected chi connectivity index (χ1v) is 9.09. The van der Waals surface area contributed by atoms with Crippen molar-refractivity contribution in [1.29, 1.82) is 0 Å². The average Bonchev–Trinajstić information content (AvgIpc) is 2.39. The van der Waals surface area contributed by atoms with Gasteiger partial charge in [0.05, 0.1) is 11.0 Å². The summed E-state index contributed by atoms with van der Waals surface area (Å²) < 4.78 is 1.33. The molecule has 17 heavy (non-hydrogen) atoms. The van der Waals surface area contributed by atoms with Crippen molar-refractivity contribution >= 4 is 40.2 Å². The van der Waals surface area contributed by atoms with E-state index >= 15 is 0 Å². The molecule has 86 valence electrons. The van der Waals surface area contributed by atoms with Crippen molar-refractivity contribution in [2.24, 2.45) is 4.99 Å². The molecule has 1 unspecified atom stereocenters. The van der Waals surface area contributed by atoms with Crippen LogP contribution < -0.4 is 10.7 Å². The molecule has 0 bridgehead atoms. The minimum atomic E-state index is 0.0843. The normalized spacial score (nSPS) is 16.7. The molecule has 3 rings (SSSR count). The lowest BCUT2D eigenvalue weighted by molar-refractivity contribution is 1.25. The maximum atomic E-state index is 4.71. The number of fused-ring (bicyclic) bond motifs is 2. The molecule has 4 heteroatoms. The van der Waals surface area contributed by atoms with Crippen molar-refractivity contribution < 1.29 is 0 Å². The Morgan fingerprint density at radius 1 is 1.18 bits per heavy atom. The monoisotopic (exact) mass is 354 g/mol. The van der Waals surface area contributed by atoms with Gasteiger partial charge in [-0.1, -0.05) is 19.8 Å². The lowest BCUT2D eigenvalue weighted by atomic mass is 10.2. The number of benzene rings is 2. The molecule has 0 spiro atoms. The average molecular weight is 354 g/mol. The third-order valence-electron chi connectivity index (χ3n) is 2.74. The molecular formula is C13H11IN2S. The number of rotatable bonds is 1. The van der Waals surface area contributed by atoms with Crippen LogP contribution in [0.15, 0.2) is 52.4 Å². The second-order valence-electron chi connectivity index (χ2n) is 3.77. The summed E-state index contributed by atoms with van der Waals surface area (Å²) >= 11 is 2.51. The maximum absolute atomic E-state index is 4.71. The van der Waals surface area contributed by atoms with Gasteiger partial charge in [-0.25, -0.2) is 4.99 Å². The fraction of sp³-hybridized carbons (Fsp3) is 0.0769. The van der Waals surface area contributed by atoms with Crippen LogP contribution in [0.25, 0.3) is 0 Å². The van der Waals surface area contributed by atoms with Gasteiger partial charge in [0.1, 0.15) is 0 Å². The minimum absolute atomic E-state index is 0.0843. The van der Waals surface area contributed by atoms with Gasteiger partial charge >= 0.3 is 0 Å². The Hall–Kier alpha value is -0.880. The standard InChI is InChI=1S/C13H11IN2S/c1-15-9-6-7-11-13(8-9)17(14)12-5-3-2-4-10(12)16-11/h2-8,15H,1H3. The van der Waals surface area contributed by atoms with Gasteiger partial charge in [-0.15, -0.1) is 0 Å². The van der Waals surface area contributed by atoms with Crippen LogP contribution in [-0.2, 0) is 0 Å². The Labute approximate surface area is 114 Å². The summed E-state index contributed by atoms with van der Waals surface area (Å²) in [6.45, 7) is 0. The van der Waals surface area contributed by atoms with E-state index in [0.29, 0.717) is 0 Å². The van der Waals surface area contributed by atoms with E-state index in [-0.39, 0.29) is 7.66 Å². The molecule has 1 atom stereocenters. The number of para-hydroxylation sites is 1. The summed E-state index contributed by atoms with van der Waals surface area (Å²) in [5.41, 5.74) is 2.24. The Balaban J connectivity index is 2.37. The Morgan fingerprint density at radius 2 is 2.00 bits per heavy atom. The molecule has 2 nitrogen and oxygen atoms in total. The zero-order valence-corrected chi connectivity index (χ0v) is 12.2. The van der Waals surface area contributed by atoms with Gasteiger partial charge in [0.2, 0.25) is 0 Å². The Kier molecular flexibility index (Phi) is 2.92. The fourth-order valence-electron chi connectivity index (χ4n) is 1.85. The number of nitrogens with one attached hydrogen (secondary N) is 1. The SMILES string of the molecule is CNc1ccc2c(c1)S(I)=c1ccccc1=N2. The molecule has 1 heterocycles. The van der Waals surface area contributed by atoms with E-state index in [4.69, 9.17) is 4.99 Å². The first kappa shape index (κ1) is 11.2. The molecule has 0 amide bonds. The van der Waals surface area contributed by atoms with E-state index in [1.54, 1.807) is 0 Å². The highest BCUT2D eigenvalue weighted by molar-refractivity contribution is 14.2. The number of hydrogen-bond acceptors (Lipinski definition) is 2. The summed E-state index contributed by atoms with van der Waals surface area (Å²) in [5.74, 6) is 0. The van der Waals surface area contributed by atoms with Crippen LogP contribution >= 0.6 is 28.9 Å². The molecule has 0 saturated heterocycles. The van der Waals surface area contributed by atoms with Crippen LogP contribution in [0.1, 0.15) is 0 Å². The summed E-state index contributed by atoms with van der Waals surface area (Å²) in [7, 11) is 2.03. The van der Waals surface area contributed by atoms with Crippen LogP contribution in [0.2, 0.25) is 0 Å². The van der Waals surface area contributed by atoms with Gasteiger partial charge < -0.3 is 5.32 Å². The lowest BCUT2D eigenvalue weighted by Gasteiger charge is -2.12. The van der Waals surface area contributed by atoms with Crippen molar-refractivity contribution in [3.05, 3.63) is 52.3 Å². The van der Waals surface area contributed by atoms with Gasteiger partial charge in [0, 0.05) is 22.1 Å². The van der Waals surface area contributed by atoms with Crippen molar-refractivity contribution in [2.45, 2.75) is 4.90 Å². The van der Waals surface area contributed by atoms with Crippen molar-refractivity contribution in [3.8, 4) is 0 Å². The van der Waals surface area contributed by atoms with Crippen LogP contribution in [0.3, 0.4) is 0 Å². The summed E-state index contributed by atoms with van der Waals surface area (Å²) in [5, 5.41) is 4.29. The van der Waals surface area contributed by atoms with E-state index in [1.165, 1.54) is 9.41 Å². The third-order valence-corrected chi connectivity index (χ3v) is 7.03. The summed E-state index contributed by atoms with van der Waals surface area (Å²) in [6.07, 6.45) is 0. The second-order valence-corrected chi connectivity index (χ2v) is 7.80. The molecule has 0 aliphatic carbocycles. The van der Waals surface area contributed by atoms with Crippen molar-refractivity contribution in [1.82, 2.24) is 0 Å². The predicted molar refractivity (Wildman–Crippen MR) is 82.0 cm³/mol. The molecule has 1 N–H and O–H groups in total. The molecule has 0 fully saturated rings. The summed E-state index contributed by atoms with van der Waals surface area (Å²) in [6, 6.07) is 14.7. The lowest BCUT2D eigenvalue weighted by Crippen LogP contribution is -2.04. The topological polar surface area (TPSA) is 24.4 Å². The van der Waals surface area contributed by atoms with Crippen LogP contribution in [0.5, 0.6) is 0 Å². The quantitative estimate of drug-likeness (QED) is 0.609. The van der Waals surface area contributed by atoms with Crippen LogP contribution in [-0.4, -0.2) is 7.05 Å². The largest absolute Gasteiger partial charge is 0.388 e. The van der Waals surface area contributed by atoms with E-state index in [1.807, 2.05) is 13.1 Å². The molecule has 2 aromatic carbocycles. The molecule has 0 saturated carbocycles. The number of nitrogens with zero attached hydrogens (tertiary/aromatic N) is 1. The molecule has 1 aliphatic heterocycles. The molecule has 0 radical (unpaired) electrons. The Bertz CT molecular complexity index is 710. The zero-order valence-electron chi connectivity index (χ0n) is 9.27. The van der Waals surface area contributed by atoms with Gasteiger partial charge in [-0.3, -0.25) is 0 Å². The second kappa shape index (κ2) is 4.42. The van der Waals surface area contributed by atoms with Crippen LogP contribution in [0.4, 0.5) is 11.4 Å². The van der Waals surface area contributed by atoms with E-state index in [0.717, 1.165) is 16.7 Å². The maximum Gasteiger partial charge on any atom is 0.0777 e. The minimum Gasteiger partial charge on any atom is -0.388 e. The van der Waals surface area contributed by atoms with Gasteiger partial charge in [-0.2, -0.15) is 0 Å². The summed E-state index contributed by atoms with van der Waals surface area (Å²) in [4.78, 5) is 6.03. The van der Waals surface area contributed by atoms with Crippen LogP contribution in [0, 0.1) is 4.51 Å². The number of hydrogen-bond donors (Lipinski definition) is 1. The van der Waals surface area contributed by atoms with E-state index < -0.39 is 0 Å². The molecule has 1 aliphatic rings. The highest BCUT2D eigenvalue weighted by Gasteiger charge is 2.10. The van der Waals surface area contributed by atoms with E-state index in [9.17, 15) is 0 Å². The molecular weight excluding hydrogens is 343 g/mol.